The number of carbonyl (C=O) groups is 2. The van der Waals surface area contributed by atoms with E-state index in [1.54, 1.807) is 28.0 Å². The molecule has 2 rings (SSSR count). The van der Waals surface area contributed by atoms with Crippen LogP contribution in [0.1, 0.15) is 17.3 Å². The number of rotatable bonds is 2. The van der Waals surface area contributed by atoms with Gasteiger partial charge in [0.25, 0.3) is 5.91 Å². The topological polar surface area (TPSA) is 40.6 Å². The molecule has 5 heteroatoms. The molecule has 0 aliphatic carbocycles. The lowest BCUT2D eigenvalue weighted by molar-refractivity contribution is -0.117. The minimum Gasteiger partial charge on any atom is -0.319 e. The molecule has 1 aliphatic rings. The quantitative estimate of drug-likeness (QED) is 0.752. The number of anilines is 1. The van der Waals surface area contributed by atoms with Gasteiger partial charge in [-0.25, -0.2) is 0 Å². The Morgan fingerprint density at radius 1 is 1.41 bits per heavy atom. The normalized spacial score (nSPS) is 14.8. The van der Waals surface area contributed by atoms with Crippen molar-refractivity contribution in [2.45, 2.75) is 6.92 Å². The predicted octanol–water partition coefficient (Wildman–Crippen LogP) is 1.69. The fourth-order valence-electron chi connectivity index (χ4n) is 1.91. The van der Waals surface area contributed by atoms with Crippen LogP contribution < -0.4 is 4.90 Å². The molecule has 0 radical (unpaired) electrons. The van der Waals surface area contributed by atoms with Gasteiger partial charge in [-0.05, 0) is 12.1 Å². The van der Waals surface area contributed by atoms with Crippen molar-refractivity contribution in [1.82, 2.24) is 4.90 Å². The van der Waals surface area contributed by atoms with E-state index in [0.717, 1.165) is 0 Å². The lowest BCUT2D eigenvalue weighted by Gasteiger charge is -2.35. The molecule has 0 fully saturated rings. The highest BCUT2D eigenvalue weighted by Crippen LogP contribution is 2.26. The van der Waals surface area contributed by atoms with Crippen molar-refractivity contribution in [3.63, 3.8) is 0 Å². The number of benzene rings is 1. The van der Waals surface area contributed by atoms with Crippen LogP contribution in [-0.2, 0) is 4.79 Å². The number of hydrogen-bond donors (Lipinski definition) is 0. The van der Waals surface area contributed by atoms with E-state index in [0.29, 0.717) is 23.7 Å². The second-order valence-electron chi connectivity index (χ2n) is 3.86. The SMILES string of the molecule is CC(=O)N1CN(CCCl)C(=O)c2ccccc21. The molecule has 1 aromatic carbocycles. The second kappa shape index (κ2) is 4.75. The molecule has 0 unspecified atom stereocenters. The van der Waals surface area contributed by atoms with Crippen molar-refractivity contribution >= 4 is 29.1 Å². The van der Waals surface area contributed by atoms with Crippen molar-refractivity contribution in [2.75, 3.05) is 24.0 Å². The first-order valence-corrected chi connectivity index (χ1v) is 5.91. The molecule has 17 heavy (non-hydrogen) atoms. The molecule has 0 N–H and O–H groups in total. The first-order valence-electron chi connectivity index (χ1n) is 5.37. The Hall–Kier alpha value is -1.55. The summed E-state index contributed by atoms with van der Waals surface area (Å²) in [4.78, 5) is 26.8. The molecule has 1 aromatic rings. The summed E-state index contributed by atoms with van der Waals surface area (Å²) < 4.78 is 0. The molecule has 0 bridgehead atoms. The van der Waals surface area contributed by atoms with Crippen molar-refractivity contribution in [1.29, 1.82) is 0 Å². The maximum absolute atomic E-state index is 12.1. The van der Waals surface area contributed by atoms with Crippen LogP contribution in [0.2, 0.25) is 0 Å². The summed E-state index contributed by atoms with van der Waals surface area (Å²) in [5.41, 5.74) is 1.23. The summed E-state index contributed by atoms with van der Waals surface area (Å²) in [6.07, 6.45) is 0. The van der Waals surface area contributed by atoms with Gasteiger partial charge in [0.2, 0.25) is 5.91 Å². The molecule has 0 saturated carbocycles. The number of carbonyl (C=O) groups excluding carboxylic acids is 2. The monoisotopic (exact) mass is 252 g/mol. The molecular weight excluding hydrogens is 240 g/mol. The van der Waals surface area contributed by atoms with Gasteiger partial charge in [-0.2, -0.15) is 0 Å². The van der Waals surface area contributed by atoms with E-state index >= 15 is 0 Å². The average Bonchev–Trinajstić information content (AvgIpc) is 2.32. The zero-order valence-corrected chi connectivity index (χ0v) is 10.3. The maximum atomic E-state index is 12.1. The second-order valence-corrected chi connectivity index (χ2v) is 4.24. The van der Waals surface area contributed by atoms with Gasteiger partial charge in [0.05, 0.1) is 11.3 Å². The standard InChI is InChI=1S/C12H13ClN2O2/c1-9(16)15-8-14(7-6-13)12(17)10-4-2-3-5-11(10)15/h2-5H,6-8H2,1H3. The van der Waals surface area contributed by atoms with E-state index in [1.807, 2.05) is 6.07 Å². The van der Waals surface area contributed by atoms with Crippen LogP contribution in [0, 0.1) is 0 Å². The summed E-state index contributed by atoms with van der Waals surface area (Å²) in [7, 11) is 0. The molecular formula is C12H13ClN2O2. The Morgan fingerprint density at radius 2 is 2.12 bits per heavy atom. The van der Waals surface area contributed by atoms with Crippen LogP contribution in [0.4, 0.5) is 5.69 Å². The molecule has 0 spiro atoms. The summed E-state index contributed by atoms with van der Waals surface area (Å²) >= 11 is 5.66. The Morgan fingerprint density at radius 3 is 2.76 bits per heavy atom. The molecule has 1 aliphatic heterocycles. The summed E-state index contributed by atoms with van der Waals surface area (Å²) in [5.74, 6) is 0.211. The van der Waals surface area contributed by atoms with Crippen LogP contribution in [0.15, 0.2) is 24.3 Å². The highest BCUT2D eigenvalue weighted by Gasteiger charge is 2.30. The van der Waals surface area contributed by atoms with Crippen LogP contribution in [0.25, 0.3) is 0 Å². The zero-order chi connectivity index (χ0) is 12.4. The summed E-state index contributed by atoms with van der Waals surface area (Å²) in [6, 6.07) is 7.12. The van der Waals surface area contributed by atoms with Gasteiger partial charge in [0.1, 0.15) is 6.67 Å². The smallest absolute Gasteiger partial charge is 0.257 e. The Bertz CT molecular complexity index is 462. The zero-order valence-electron chi connectivity index (χ0n) is 9.52. The fourth-order valence-corrected chi connectivity index (χ4v) is 2.12. The number of nitrogens with zero attached hydrogens (tertiary/aromatic N) is 2. The first-order chi connectivity index (χ1) is 8.15. The number of hydrogen-bond acceptors (Lipinski definition) is 2. The number of halogens is 1. The first kappa shape index (κ1) is 11.9. The van der Waals surface area contributed by atoms with Crippen LogP contribution >= 0.6 is 11.6 Å². The third-order valence-electron chi connectivity index (χ3n) is 2.76. The maximum Gasteiger partial charge on any atom is 0.257 e. The van der Waals surface area contributed by atoms with Crippen molar-refractivity contribution in [3.05, 3.63) is 29.8 Å². The largest absolute Gasteiger partial charge is 0.319 e. The Labute approximate surface area is 105 Å². The average molecular weight is 253 g/mol. The minimum atomic E-state index is -0.0791. The fraction of sp³-hybridized carbons (Fsp3) is 0.333. The predicted molar refractivity (Wildman–Crippen MR) is 66.2 cm³/mol. The highest BCUT2D eigenvalue weighted by atomic mass is 35.5. The molecule has 2 amide bonds. The highest BCUT2D eigenvalue weighted by molar-refractivity contribution is 6.18. The van der Waals surface area contributed by atoms with E-state index in [9.17, 15) is 9.59 Å². The lowest BCUT2D eigenvalue weighted by Crippen LogP contribution is -2.49. The van der Waals surface area contributed by atoms with E-state index < -0.39 is 0 Å². The Balaban J connectivity index is 2.43. The number of alkyl halides is 1. The third kappa shape index (κ3) is 2.13. The van der Waals surface area contributed by atoms with Gasteiger partial charge in [-0.1, -0.05) is 12.1 Å². The van der Waals surface area contributed by atoms with E-state index in [1.165, 1.54) is 6.92 Å². The van der Waals surface area contributed by atoms with E-state index in [-0.39, 0.29) is 18.5 Å². The number of para-hydroxylation sites is 1. The molecule has 0 aromatic heterocycles. The third-order valence-corrected chi connectivity index (χ3v) is 2.93. The van der Waals surface area contributed by atoms with E-state index in [4.69, 9.17) is 11.6 Å². The van der Waals surface area contributed by atoms with E-state index in [2.05, 4.69) is 0 Å². The molecule has 0 atom stereocenters. The molecule has 0 saturated heterocycles. The van der Waals surface area contributed by atoms with Gasteiger partial charge >= 0.3 is 0 Å². The number of amides is 2. The lowest BCUT2D eigenvalue weighted by atomic mass is 10.1. The van der Waals surface area contributed by atoms with Gasteiger partial charge in [-0.3, -0.25) is 14.5 Å². The van der Waals surface area contributed by atoms with Gasteiger partial charge in [0.15, 0.2) is 0 Å². The minimum absolute atomic E-state index is 0.0706. The summed E-state index contributed by atoms with van der Waals surface area (Å²) in [5, 5.41) is 0. The van der Waals surface area contributed by atoms with Crippen LogP contribution in [-0.4, -0.2) is 35.8 Å². The van der Waals surface area contributed by atoms with Gasteiger partial charge < -0.3 is 4.90 Å². The Kier molecular flexibility index (Phi) is 3.33. The van der Waals surface area contributed by atoms with Crippen molar-refractivity contribution < 1.29 is 9.59 Å². The van der Waals surface area contributed by atoms with Crippen LogP contribution in [0.3, 0.4) is 0 Å². The summed E-state index contributed by atoms with van der Waals surface area (Å²) in [6.45, 7) is 2.21. The molecule has 1 heterocycles. The van der Waals surface area contributed by atoms with Gasteiger partial charge in [-0.15, -0.1) is 11.6 Å². The van der Waals surface area contributed by atoms with Crippen LogP contribution in [0.5, 0.6) is 0 Å². The molecule has 90 valence electrons. The molecule has 4 nitrogen and oxygen atoms in total. The van der Waals surface area contributed by atoms with Crippen molar-refractivity contribution in [2.24, 2.45) is 0 Å². The van der Waals surface area contributed by atoms with Crippen molar-refractivity contribution in [3.8, 4) is 0 Å². The van der Waals surface area contributed by atoms with Gasteiger partial charge in [0, 0.05) is 19.3 Å². The number of fused-ring (bicyclic) bond motifs is 1.